The molecule has 1 aromatic heterocycles. The van der Waals surface area contributed by atoms with Gasteiger partial charge in [-0.2, -0.15) is 13.2 Å². The minimum absolute atomic E-state index is 0. The van der Waals surface area contributed by atoms with Crippen molar-refractivity contribution >= 4 is 18.3 Å². The van der Waals surface area contributed by atoms with E-state index < -0.39 is 12.7 Å². The summed E-state index contributed by atoms with van der Waals surface area (Å²) in [7, 11) is 4.06. The number of imidazole rings is 1. The summed E-state index contributed by atoms with van der Waals surface area (Å²) in [4.78, 5) is 20.1. The molecular weight excluding hydrogens is 345 g/mol. The van der Waals surface area contributed by atoms with E-state index in [0.29, 0.717) is 25.0 Å². The van der Waals surface area contributed by atoms with Gasteiger partial charge in [-0.25, -0.2) is 4.98 Å². The van der Waals surface area contributed by atoms with Crippen LogP contribution in [0.25, 0.3) is 0 Å². The van der Waals surface area contributed by atoms with E-state index >= 15 is 0 Å². The smallest absolute Gasteiger partial charge is 0.343 e. The van der Waals surface area contributed by atoms with Crippen molar-refractivity contribution in [3.8, 4) is 0 Å². The number of aryl methyl sites for hydroxylation is 1. The molecule has 0 saturated carbocycles. The maximum absolute atomic E-state index is 12.5. The Balaban J connectivity index is 0.00000288. The van der Waals surface area contributed by atoms with Crippen LogP contribution < -0.4 is 0 Å². The van der Waals surface area contributed by atoms with Crippen molar-refractivity contribution in [3.63, 3.8) is 0 Å². The Morgan fingerprint density at radius 2 is 1.96 bits per heavy atom. The fourth-order valence-electron chi connectivity index (χ4n) is 2.91. The number of likely N-dealkylation sites (tertiary alicyclic amines) is 1. The second kappa shape index (κ2) is 8.71. The first-order valence-corrected chi connectivity index (χ1v) is 7.77. The van der Waals surface area contributed by atoms with E-state index in [4.69, 9.17) is 0 Å². The predicted octanol–water partition coefficient (Wildman–Crippen LogP) is 2.35. The molecule has 0 N–H and O–H groups in total. The molecule has 1 amide bonds. The minimum atomic E-state index is -4.28. The standard InChI is InChI=1S/C15H23F3N4O.ClH/c1-20(2)12-5-8-21(9-6-12)14(23)4-3-13-19-7-10-22(13)11-15(16,17)18;/h7,10,12H,3-6,8-9,11H2,1-2H3;1H. The van der Waals surface area contributed by atoms with Gasteiger partial charge in [0, 0.05) is 44.4 Å². The summed E-state index contributed by atoms with van der Waals surface area (Å²) in [6.07, 6.45) is 0.650. The molecule has 0 aliphatic carbocycles. The first-order valence-electron chi connectivity index (χ1n) is 7.77. The van der Waals surface area contributed by atoms with Crippen LogP contribution >= 0.6 is 12.4 Å². The highest BCUT2D eigenvalue weighted by atomic mass is 35.5. The highest BCUT2D eigenvalue weighted by Crippen LogP contribution is 2.19. The summed E-state index contributed by atoms with van der Waals surface area (Å²) < 4.78 is 38.4. The number of amides is 1. The van der Waals surface area contributed by atoms with Crippen molar-refractivity contribution in [2.45, 2.75) is 44.4 Å². The summed E-state index contributed by atoms with van der Waals surface area (Å²) in [5.41, 5.74) is 0. The summed E-state index contributed by atoms with van der Waals surface area (Å²) in [5.74, 6) is 0.294. The molecule has 1 aliphatic rings. The van der Waals surface area contributed by atoms with Gasteiger partial charge in [0.05, 0.1) is 0 Å². The van der Waals surface area contributed by atoms with Gasteiger partial charge in [0.1, 0.15) is 12.4 Å². The largest absolute Gasteiger partial charge is 0.406 e. The highest BCUT2D eigenvalue weighted by molar-refractivity contribution is 5.85. The topological polar surface area (TPSA) is 41.4 Å². The fraction of sp³-hybridized carbons (Fsp3) is 0.733. The van der Waals surface area contributed by atoms with Crippen molar-refractivity contribution in [2.75, 3.05) is 27.2 Å². The molecule has 5 nitrogen and oxygen atoms in total. The van der Waals surface area contributed by atoms with Gasteiger partial charge in [0.25, 0.3) is 0 Å². The summed E-state index contributed by atoms with van der Waals surface area (Å²) in [5, 5.41) is 0. The molecule has 2 heterocycles. The lowest BCUT2D eigenvalue weighted by Crippen LogP contribution is -2.44. The van der Waals surface area contributed by atoms with Crippen LogP contribution in [-0.2, 0) is 17.8 Å². The van der Waals surface area contributed by atoms with Gasteiger partial charge in [0.15, 0.2) is 0 Å². The molecule has 9 heteroatoms. The van der Waals surface area contributed by atoms with Crippen LogP contribution in [0.3, 0.4) is 0 Å². The number of nitrogens with zero attached hydrogens (tertiary/aromatic N) is 4. The Kier molecular flexibility index (Phi) is 7.54. The van der Waals surface area contributed by atoms with Crippen molar-refractivity contribution in [1.82, 2.24) is 19.4 Å². The van der Waals surface area contributed by atoms with Crippen LogP contribution in [-0.4, -0.2) is 64.7 Å². The van der Waals surface area contributed by atoms with E-state index in [-0.39, 0.29) is 31.2 Å². The number of hydrogen-bond acceptors (Lipinski definition) is 3. The first-order chi connectivity index (χ1) is 10.8. The van der Waals surface area contributed by atoms with Crippen LogP contribution in [0.15, 0.2) is 12.4 Å². The lowest BCUT2D eigenvalue weighted by Gasteiger charge is -2.35. The van der Waals surface area contributed by atoms with Crippen LogP contribution in [0, 0.1) is 0 Å². The number of halogens is 4. The molecule has 2 rings (SSSR count). The third-order valence-electron chi connectivity index (χ3n) is 4.26. The molecule has 24 heavy (non-hydrogen) atoms. The monoisotopic (exact) mass is 368 g/mol. The van der Waals surface area contributed by atoms with Crippen LogP contribution in [0.1, 0.15) is 25.1 Å². The van der Waals surface area contributed by atoms with Gasteiger partial charge in [-0.3, -0.25) is 4.79 Å². The second-order valence-electron chi connectivity index (χ2n) is 6.16. The van der Waals surface area contributed by atoms with E-state index in [1.165, 1.54) is 12.4 Å². The zero-order valence-corrected chi connectivity index (χ0v) is 14.7. The Morgan fingerprint density at radius 1 is 1.33 bits per heavy atom. The Morgan fingerprint density at radius 3 is 2.50 bits per heavy atom. The average Bonchev–Trinajstić information content (AvgIpc) is 2.90. The van der Waals surface area contributed by atoms with Crippen LogP contribution in [0.5, 0.6) is 0 Å². The molecule has 0 radical (unpaired) electrons. The zero-order valence-electron chi connectivity index (χ0n) is 13.9. The molecule has 1 saturated heterocycles. The molecule has 0 bridgehead atoms. The van der Waals surface area contributed by atoms with Gasteiger partial charge in [-0.1, -0.05) is 0 Å². The number of alkyl halides is 3. The van der Waals surface area contributed by atoms with E-state index in [1.807, 2.05) is 14.1 Å². The number of carbonyl (C=O) groups is 1. The Labute approximate surface area is 146 Å². The van der Waals surface area contributed by atoms with Crippen LogP contribution in [0.2, 0.25) is 0 Å². The summed E-state index contributed by atoms with van der Waals surface area (Å²) in [6.45, 7) is 0.349. The number of aromatic nitrogens is 2. The molecule has 0 atom stereocenters. The molecule has 0 spiro atoms. The Bertz CT molecular complexity index is 525. The van der Waals surface area contributed by atoms with Crippen molar-refractivity contribution in [3.05, 3.63) is 18.2 Å². The number of hydrogen-bond donors (Lipinski definition) is 0. The first kappa shape index (κ1) is 20.8. The van der Waals surface area contributed by atoms with E-state index in [1.54, 1.807) is 4.90 Å². The maximum atomic E-state index is 12.5. The zero-order chi connectivity index (χ0) is 17.0. The molecule has 1 aromatic rings. The maximum Gasteiger partial charge on any atom is 0.406 e. The van der Waals surface area contributed by atoms with Crippen molar-refractivity contribution in [2.24, 2.45) is 0 Å². The SMILES string of the molecule is CN(C)C1CCN(C(=O)CCc2nccn2CC(F)(F)F)CC1.Cl. The van der Waals surface area contributed by atoms with Crippen LogP contribution in [0.4, 0.5) is 13.2 Å². The lowest BCUT2D eigenvalue weighted by molar-refractivity contribution is -0.141. The number of piperidine rings is 1. The lowest BCUT2D eigenvalue weighted by atomic mass is 10.0. The van der Waals surface area contributed by atoms with Gasteiger partial charge in [-0.15, -0.1) is 12.4 Å². The summed E-state index contributed by atoms with van der Waals surface area (Å²) >= 11 is 0. The van der Waals surface area contributed by atoms with Gasteiger partial charge in [-0.05, 0) is 26.9 Å². The normalized spacial score (nSPS) is 16.3. The fourth-order valence-corrected chi connectivity index (χ4v) is 2.91. The molecule has 0 aromatic carbocycles. The highest BCUT2D eigenvalue weighted by Gasteiger charge is 2.29. The molecule has 1 aliphatic heterocycles. The minimum Gasteiger partial charge on any atom is -0.343 e. The van der Waals surface area contributed by atoms with E-state index in [2.05, 4.69) is 9.88 Å². The molecule has 1 fully saturated rings. The number of carbonyl (C=O) groups excluding carboxylic acids is 1. The van der Waals surface area contributed by atoms with Crippen molar-refractivity contribution in [1.29, 1.82) is 0 Å². The Hall–Kier alpha value is -1.28. The predicted molar refractivity (Wildman–Crippen MR) is 87.1 cm³/mol. The van der Waals surface area contributed by atoms with E-state index in [0.717, 1.165) is 17.4 Å². The number of rotatable bonds is 5. The third kappa shape index (κ3) is 5.98. The summed E-state index contributed by atoms with van der Waals surface area (Å²) in [6, 6.07) is 0.490. The van der Waals surface area contributed by atoms with E-state index in [9.17, 15) is 18.0 Å². The average molecular weight is 369 g/mol. The van der Waals surface area contributed by atoms with Gasteiger partial charge < -0.3 is 14.4 Å². The molecular formula is C15H24ClF3N4O. The second-order valence-corrected chi connectivity index (χ2v) is 6.16. The molecule has 138 valence electrons. The van der Waals surface area contributed by atoms with Gasteiger partial charge >= 0.3 is 6.18 Å². The molecule has 0 unspecified atom stereocenters. The quantitative estimate of drug-likeness (QED) is 0.801. The third-order valence-corrected chi connectivity index (χ3v) is 4.26. The van der Waals surface area contributed by atoms with Crippen molar-refractivity contribution < 1.29 is 18.0 Å². The van der Waals surface area contributed by atoms with Gasteiger partial charge in [0.2, 0.25) is 5.91 Å².